The van der Waals surface area contributed by atoms with Crippen LogP contribution in [0, 0.1) is 10.1 Å². The molecule has 0 radical (unpaired) electrons. The summed E-state index contributed by atoms with van der Waals surface area (Å²) in [5, 5.41) is 15.7. The van der Waals surface area contributed by atoms with E-state index in [2.05, 4.69) is 10.3 Å². The third kappa shape index (κ3) is 4.81. The van der Waals surface area contributed by atoms with Gasteiger partial charge in [0.2, 0.25) is 0 Å². The molecule has 1 aromatic heterocycles. The highest BCUT2D eigenvalue weighted by molar-refractivity contribution is 7.14. The SMILES string of the molecule is O=C(COCC1CCCO1)Nc1nc(-c2cccc([N+](=O)[O-])c2)cs1. The van der Waals surface area contributed by atoms with Gasteiger partial charge in [-0.1, -0.05) is 12.1 Å². The molecule has 0 bridgehead atoms. The third-order valence-corrected chi connectivity index (χ3v) is 4.42. The first-order valence-corrected chi connectivity index (χ1v) is 8.69. The molecule has 0 saturated carbocycles. The molecule has 1 unspecified atom stereocenters. The van der Waals surface area contributed by atoms with Crippen LogP contribution in [0.5, 0.6) is 0 Å². The molecule has 0 spiro atoms. The van der Waals surface area contributed by atoms with Gasteiger partial charge < -0.3 is 9.47 Å². The molecular formula is C16H17N3O5S. The van der Waals surface area contributed by atoms with Crippen molar-refractivity contribution < 1.29 is 19.2 Å². The number of rotatable bonds is 7. The van der Waals surface area contributed by atoms with Crippen LogP contribution in [0.25, 0.3) is 11.3 Å². The molecule has 2 heterocycles. The Kier molecular flexibility index (Phi) is 5.69. The van der Waals surface area contributed by atoms with Gasteiger partial charge in [-0.2, -0.15) is 0 Å². The average molecular weight is 363 g/mol. The van der Waals surface area contributed by atoms with Gasteiger partial charge >= 0.3 is 0 Å². The summed E-state index contributed by atoms with van der Waals surface area (Å²) in [5.41, 5.74) is 1.20. The quantitative estimate of drug-likeness (QED) is 0.599. The van der Waals surface area contributed by atoms with E-state index in [0.717, 1.165) is 19.4 Å². The smallest absolute Gasteiger partial charge is 0.270 e. The van der Waals surface area contributed by atoms with E-state index in [1.54, 1.807) is 17.5 Å². The lowest BCUT2D eigenvalue weighted by molar-refractivity contribution is -0.384. The number of hydrogen-bond donors (Lipinski definition) is 1. The number of amides is 1. The fourth-order valence-corrected chi connectivity index (χ4v) is 3.19. The number of carbonyl (C=O) groups is 1. The lowest BCUT2D eigenvalue weighted by Crippen LogP contribution is -2.22. The largest absolute Gasteiger partial charge is 0.376 e. The molecule has 1 aromatic carbocycles. The number of anilines is 1. The van der Waals surface area contributed by atoms with E-state index in [0.29, 0.717) is 23.0 Å². The maximum absolute atomic E-state index is 11.9. The highest BCUT2D eigenvalue weighted by Gasteiger charge is 2.16. The first-order valence-electron chi connectivity index (χ1n) is 7.81. The van der Waals surface area contributed by atoms with Crippen LogP contribution in [0.15, 0.2) is 29.6 Å². The standard InChI is InChI=1S/C16H17N3O5S/c20-15(9-23-8-13-5-2-6-24-13)18-16-17-14(10-25-16)11-3-1-4-12(7-11)19(21)22/h1,3-4,7,10,13H,2,5-6,8-9H2,(H,17,18,20). The van der Waals surface area contributed by atoms with Crippen LogP contribution < -0.4 is 5.32 Å². The number of hydrogen-bond acceptors (Lipinski definition) is 7. The number of ether oxygens (including phenoxy) is 2. The lowest BCUT2D eigenvalue weighted by atomic mass is 10.1. The first kappa shape index (κ1) is 17.5. The zero-order chi connectivity index (χ0) is 17.6. The van der Waals surface area contributed by atoms with Crippen molar-refractivity contribution in [3.63, 3.8) is 0 Å². The normalized spacial score (nSPS) is 16.7. The molecule has 0 aliphatic carbocycles. The Labute approximate surface area is 147 Å². The van der Waals surface area contributed by atoms with Crippen LogP contribution in [0.4, 0.5) is 10.8 Å². The van der Waals surface area contributed by atoms with Gasteiger partial charge in [0.15, 0.2) is 5.13 Å². The summed E-state index contributed by atoms with van der Waals surface area (Å²) in [5.74, 6) is -0.294. The number of aromatic nitrogens is 1. The lowest BCUT2D eigenvalue weighted by Gasteiger charge is -2.09. The fourth-order valence-electron chi connectivity index (χ4n) is 2.46. The van der Waals surface area contributed by atoms with E-state index < -0.39 is 4.92 Å². The molecule has 9 heteroatoms. The number of nitrogens with one attached hydrogen (secondary N) is 1. The second-order valence-corrected chi connectivity index (χ2v) is 6.40. The first-order chi connectivity index (χ1) is 12.1. The molecule has 1 saturated heterocycles. The Balaban J connectivity index is 1.53. The minimum absolute atomic E-state index is 0.00128. The zero-order valence-corrected chi connectivity index (χ0v) is 14.2. The van der Waals surface area contributed by atoms with Crippen molar-refractivity contribution in [3.05, 3.63) is 39.8 Å². The van der Waals surface area contributed by atoms with Crippen molar-refractivity contribution in [2.24, 2.45) is 0 Å². The van der Waals surface area contributed by atoms with Gasteiger partial charge in [0.05, 0.1) is 23.3 Å². The van der Waals surface area contributed by atoms with Crippen molar-refractivity contribution >= 4 is 28.1 Å². The van der Waals surface area contributed by atoms with Crippen molar-refractivity contribution in [2.45, 2.75) is 18.9 Å². The summed E-state index contributed by atoms with van der Waals surface area (Å²) in [4.78, 5) is 26.6. The molecule has 132 valence electrons. The topological polar surface area (TPSA) is 104 Å². The molecule has 1 fully saturated rings. The monoisotopic (exact) mass is 363 g/mol. The Morgan fingerprint density at radius 3 is 3.16 bits per heavy atom. The third-order valence-electron chi connectivity index (χ3n) is 3.66. The summed E-state index contributed by atoms with van der Waals surface area (Å²) >= 11 is 1.25. The highest BCUT2D eigenvalue weighted by atomic mass is 32.1. The van der Waals surface area contributed by atoms with Gasteiger partial charge in [0, 0.05) is 29.7 Å². The molecular weight excluding hydrogens is 346 g/mol. The van der Waals surface area contributed by atoms with E-state index in [9.17, 15) is 14.9 Å². The highest BCUT2D eigenvalue weighted by Crippen LogP contribution is 2.27. The predicted molar refractivity (Wildman–Crippen MR) is 92.6 cm³/mol. The number of thiazole rings is 1. The maximum atomic E-state index is 11.9. The maximum Gasteiger partial charge on any atom is 0.270 e. The van der Waals surface area contributed by atoms with Gasteiger partial charge in [-0.25, -0.2) is 4.98 Å². The van der Waals surface area contributed by atoms with Crippen molar-refractivity contribution in [1.82, 2.24) is 4.98 Å². The van der Waals surface area contributed by atoms with Crippen molar-refractivity contribution in [2.75, 3.05) is 25.1 Å². The molecule has 1 N–H and O–H groups in total. The molecule has 1 atom stereocenters. The summed E-state index contributed by atoms with van der Waals surface area (Å²) in [6.07, 6.45) is 2.06. The molecule has 1 amide bonds. The van der Waals surface area contributed by atoms with Crippen molar-refractivity contribution in [3.8, 4) is 11.3 Å². The molecule has 1 aliphatic heterocycles. The fraction of sp³-hybridized carbons (Fsp3) is 0.375. The van der Waals surface area contributed by atoms with Crippen LogP contribution in [0.1, 0.15) is 12.8 Å². The Morgan fingerprint density at radius 1 is 1.52 bits per heavy atom. The molecule has 8 nitrogen and oxygen atoms in total. The predicted octanol–water partition coefficient (Wildman–Crippen LogP) is 2.85. The van der Waals surface area contributed by atoms with Crippen LogP contribution in [0.2, 0.25) is 0 Å². The van der Waals surface area contributed by atoms with Gasteiger partial charge in [0.25, 0.3) is 11.6 Å². The minimum Gasteiger partial charge on any atom is -0.376 e. The van der Waals surface area contributed by atoms with E-state index in [1.165, 1.54) is 23.5 Å². The van der Waals surface area contributed by atoms with E-state index in [-0.39, 0.29) is 24.3 Å². The number of benzene rings is 1. The molecule has 2 aromatic rings. The Hall–Kier alpha value is -2.36. The van der Waals surface area contributed by atoms with Crippen LogP contribution >= 0.6 is 11.3 Å². The molecule has 3 rings (SSSR count). The summed E-state index contributed by atoms with van der Waals surface area (Å²) in [6.45, 7) is 1.09. The van der Waals surface area contributed by atoms with Crippen LogP contribution in [0.3, 0.4) is 0 Å². The van der Waals surface area contributed by atoms with Crippen LogP contribution in [-0.4, -0.2) is 41.7 Å². The number of nitrogens with zero attached hydrogens (tertiary/aromatic N) is 2. The Bertz CT molecular complexity index is 758. The van der Waals surface area contributed by atoms with Gasteiger partial charge in [-0.05, 0) is 12.8 Å². The number of non-ortho nitro benzene ring substituents is 1. The van der Waals surface area contributed by atoms with E-state index in [4.69, 9.17) is 9.47 Å². The number of nitro groups is 1. The minimum atomic E-state index is -0.454. The zero-order valence-electron chi connectivity index (χ0n) is 13.3. The van der Waals surface area contributed by atoms with Gasteiger partial charge in [-0.15, -0.1) is 11.3 Å². The molecule has 1 aliphatic rings. The summed E-state index contributed by atoms with van der Waals surface area (Å²) < 4.78 is 10.8. The van der Waals surface area contributed by atoms with Gasteiger partial charge in [-0.3, -0.25) is 20.2 Å². The Morgan fingerprint density at radius 2 is 2.40 bits per heavy atom. The van der Waals surface area contributed by atoms with Gasteiger partial charge in [0.1, 0.15) is 6.61 Å². The average Bonchev–Trinajstić information content (AvgIpc) is 3.27. The number of nitro benzene ring substituents is 1. The second-order valence-electron chi connectivity index (χ2n) is 5.54. The second kappa shape index (κ2) is 8.15. The van der Waals surface area contributed by atoms with Crippen LogP contribution in [-0.2, 0) is 14.3 Å². The molecule has 25 heavy (non-hydrogen) atoms. The number of carbonyl (C=O) groups excluding carboxylic acids is 1. The van der Waals surface area contributed by atoms with E-state index in [1.807, 2.05) is 0 Å². The summed E-state index contributed by atoms with van der Waals surface area (Å²) in [7, 11) is 0. The van der Waals surface area contributed by atoms with E-state index >= 15 is 0 Å². The summed E-state index contributed by atoms with van der Waals surface area (Å²) in [6, 6.07) is 6.21. The van der Waals surface area contributed by atoms with Crippen molar-refractivity contribution in [1.29, 1.82) is 0 Å².